The number of carbonyl (C=O) groups excluding carboxylic acids is 1. The van der Waals surface area contributed by atoms with Crippen molar-refractivity contribution in [1.29, 1.82) is 0 Å². The molecule has 3 rings (SSSR count). The lowest BCUT2D eigenvalue weighted by molar-refractivity contribution is -0.249. The zero-order valence-electron chi connectivity index (χ0n) is 18.0. The van der Waals surface area contributed by atoms with Gasteiger partial charge in [0.05, 0.1) is 12.8 Å². The summed E-state index contributed by atoms with van der Waals surface area (Å²) >= 11 is 0. The van der Waals surface area contributed by atoms with E-state index in [-0.39, 0.29) is 35.2 Å². The maximum atomic E-state index is 14.7. The Kier molecular flexibility index (Phi) is 6.39. The number of carbonyl (C=O) groups is 1. The Hall–Kier alpha value is -3.92. The quantitative estimate of drug-likeness (QED) is 0.441. The van der Waals surface area contributed by atoms with Crippen LogP contribution < -0.4 is 21.5 Å². The van der Waals surface area contributed by atoms with Gasteiger partial charge >= 0.3 is 6.18 Å². The second kappa shape index (κ2) is 8.79. The third-order valence-electron chi connectivity index (χ3n) is 5.14. The molecule has 1 aliphatic rings. The van der Waals surface area contributed by atoms with Gasteiger partial charge in [0.1, 0.15) is 17.2 Å². The Morgan fingerprint density at radius 1 is 1.35 bits per heavy atom. The number of halogens is 4. The van der Waals surface area contributed by atoms with Crippen LogP contribution in [0.3, 0.4) is 0 Å². The summed E-state index contributed by atoms with van der Waals surface area (Å²) in [5, 5.41) is 2.48. The fourth-order valence-corrected chi connectivity index (χ4v) is 3.08. The zero-order valence-corrected chi connectivity index (χ0v) is 18.0. The average molecular weight is 480 g/mol. The molecule has 0 fully saturated rings. The van der Waals surface area contributed by atoms with E-state index in [4.69, 9.17) is 27.4 Å². The number of nitrogen functional groups attached to an aromatic ring is 1. The Bertz CT molecular complexity index is 1200. The molecule has 0 spiro atoms. The number of amidine groups is 1. The van der Waals surface area contributed by atoms with E-state index in [0.717, 1.165) is 19.2 Å². The Labute approximate surface area is 191 Å². The molecular formula is C21H20F4N6O3. The molecule has 34 heavy (non-hydrogen) atoms. The summed E-state index contributed by atoms with van der Waals surface area (Å²) in [6, 6.07) is 3.47. The minimum Gasteiger partial charge on any atom is -0.463 e. The second-order valence-corrected chi connectivity index (χ2v) is 7.67. The fraction of sp³-hybridized carbons (Fsp3) is 0.333. The van der Waals surface area contributed by atoms with Crippen molar-refractivity contribution in [3.8, 4) is 18.2 Å². The SMILES string of the molecule is C#CCOc1cnc(C(=O)Nc2ccc(F)c([C@]3(C)CO[C@@](C)(C(F)(F)F)C(N)=N3)c2)c(N)n1. The van der Waals surface area contributed by atoms with Gasteiger partial charge in [0.25, 0.3) is 5.91 Å². The third-order valence-corrected chi connectivity index (χ3v) is 5.14. The normalized spacial score (nSPS) is 22.4. The first-order chi connectivity index (χ1) is 15.8. The highest BCUT2D eigenvalue weighted by molar-refractivity contribution is 6.05. The molecule has 0 bridgehead atoms. The monoisotopic (exact) mass is 480 g/mol. The van der Waals surface area contributed by atoms with Crippen LogP contribution in [0.2, 0.25) is 0 Å². The largest absolute Gasteiger partial charge is 0.463 e. The molecule has 2 atom stereocenters. The number of rotatable bonds is 5. The smallest absolute Gasteiger partial charge is 0.424 e. The van der Waals surface area contributed by atoms with Crippen molar-refractivity contribution in [3.05, 3.63) is 41.5 Å². The van der Waals surface area contributed by atoms with Gasteiger partial charge in [-0.25, -0.2) is 9.37 Å². The van der Waals surface area contributed by atoms with E-state index in [0.29, 0.717) is 0 Å². The van der Waals surface area contributed by atoms with Crippen LogP contribution in [0, 0.1) is 18.2 Å². The predicted octanol–water partition coefficient (Wildman–Crippen LogP) is 2.39. The zero-order chi connectivity index (χ0) is 25.3. The summed E-state index contributed by atoms with van der Waals surface area (Å²) in [6.07, 6.45) is 1.41. The lowest BCUT2D eigenvalue weighted by Crippen LogP contribution is -2.60. The molecule has 1 aromatic carbocycles. The van der Waals surface area contributed by atoms with Gasteiger partial charge in [-0.2, -0.15) is 18.2 Å². The topological polar surface area (TPSA) is 138 Å². The van der Waals surface area contributed by atoms with Crippen molar-refractivity contribution >= 4 is 23.2 Å². The number of amides is 1. The van der Waals surface area contributed by atoms with Crippen LogP contribution in [0.15, 0.2) is 29.4 Å². The molecule has 0 saturated carbocycles. The number of alkyl halides is 3. The van der Waals surface area contributed by atoms with Gasteiger partial charge in [0, 0.05) is 11.3 Å². The first kappa shape index (κ1) is 24.7. The molecule has 1 amide bonds. The van der Waals surface area contributed by atoms with Crippen LogP contribution in [-0.4, -0.2) is 46.7 Å². The van der Waals surface area contributed by atoms with Crippen molar-refractivity contribution < 1.29 is 31.8 Å². The molecule has 2 aromatic rings. The van der Waals surface area contributed by atoms with Crippen molar-refractivity contribution in [2.75, 3.05) is 24.3 Å². The summed E-state index contributed by atoms with van der Waals surface area (Å²) in [6.45, 7) is 1.41. The molecule has 0 unspecified atom stereocenters. The number of aromatic nitrogens is 2. The summed E-state index contributed by atoms with van der Waals surface area (Å²) < 4.78 is 64.8. The molecule has 2 heterocycles. The molecule has 180 valence electrons. The van der Waals surface area contributed by atoms with Gasteiger partial charge < -0.3 is 26.3 Å². The van der Waals surface area contributed by atoms with Gasteiger partial charge in [-0.3, -0.25) is 9.79 Å². The molecule has 5 N–H and O–H groups in total. The maximum absolute atomic E-state index is 14.7. The number of terminal acetylenes is 1. The Balaban J connectivity index is 1.88. The van der Waals surface area contributed by atoms with E-state index in [1.165, 1.54) is 19.1 Å². The Morgan fingerprint density at radius 3 is 2.65 bits per heavy atom. The number of hydrogen-bond acceptors (Lipinski definition) is 8. The highest BCUT2D eigenvalue weighted by Gasteiger charge is 2.59. The summed E-state index contributed by atoms with van der Waals surface area (Å²) in [7, 11) is 0. The minimum atomic E-state index is -4.82. The van der Waals surface area contributed by atoms with Gasteiger partial charge in [-0.1, -0.05) is 5.92 Å². The van der Waals surface area contributed by atoms with E-state index in [1.54, 1.807) is 0 Å². The van der Waals surface area contributed by atoms with E-state index in [1.807, 2.05) is 0 Å². The number of anilines is 2. The van der Waals surface area contributed by atoms with Crippen LogP contribution in [0.4, 0.5) is 29.1 Å². The van der Waals surface area contributed by atoms with Crippen molar-refractivity contribution in [2.24, 2.45) is 10.7 Å². The van der Waals surface area contributed by atoms with Gasteiger partial charge in [0.15, 0.2) is 18.1 Å². The van der Waals surface area contributed by atoms with Crippen LogP contribution in [0.25, 0.3) is 0 Å². The van der Waals surface area contributed by atoms with Crippen LogP contribution in [0.5, 0.6) is 5.88 Å². The minimum absolute atomic E-state index is 0.0163. The van der Waals surface area contributed by atoms with Crippen molar-refractivity contribution in [3.63, 3.8) is 0 Å². The van der Waals surface area contributed by atoms with Crippen LogP contribution >= 0.6 is 0 Å². The van der Waals surface area contributed by atoms with Crippen LogP contribution in [-0.2, 0) is 10.3 Å². The van der Waals surface area contributed by atoms with E-state index in [9.17, 15) is 22.4 Å². The molecule has 9 nitrogen and oxygen atoms in total. The van der Waals surface area contributed by atoms with E-state index >= 15 is 0 Å². The number of nitrogens with two attached hydrogens (primary N) is 2. The Morgan fingerprint density at radius 2 is 2.06 bits per heavy atom. The maximum Gasteiger partial charge on any atom is 0.424 e. The standard InChI is InChI=1S/C21H20F4N6O3/c1-4-7-33-14-9-28-15(16(26)30-14)17(32)29-11-5-6-13(22)12(8-11)19(2)10-34-20(3,18(27)31-19)21(23,24)25/h1,5-6,8-9H,7,10H2,2-3H3,(H2,26,30)(H2,27,31)(H,29,32)/t19-,20+/m0/s1. The van der Waals surface area contributed by atoms with Crippen molar-refractivity contribution in [2.45, 2.75) is 31.2 Å². The number of nitrogens with zero attached hydrogens (tertiary/aromatic N) is 3. The van der Waals surface area contributed by atoms with Gasteiger partial charge in [0.2, 0.25) is 11.5 Å². The van der Waals surface area contributed by atoms with E-state index in [2.05, 4.69) is 26.2 Å². The number of ether oxygens (including phenoxy) is 2. The number of nitrogens with one attached hydrogen (secondary N) is 1. The fourth-order valence-electron chi connectivity index (χ4n) is 3.08. The average Bonchev–Trinajstić information content (AvgIpc) is 2.75. The molecule has 1 aliphatic heterocycles. The summed E-state index contributed by atoms with van der Waals surface area (Å²) in [5.74, 6) is -0.401. The molecular weight excluding hydrogens is 460 g/mol. The number of hydrogen-bond donors (Lipinski definition) is 3. The summed E-state index contributed by atoms with van der Waals surface area (Å²) in [5.41, 5.74) is 6.64. The summed E-state index contributed by atoms with van der Waals surface area (Å²) in [4.78, 5) is 24.3. The van der Waals surface area contributed by atoms with Gasteiger partial charge in [-0.15, -0.1) is 6.42 Å². The van der Waals surface area contributed by atoms with Gasteiger partial charge in [-0.05, 0) is 32.0 Å². The number of aliphatic imine (C=N–C) groups is 1. The first-order valence-electron chi connectivity index (χ1n) is 9.67. The molecule has 0 aliphatic carbocycles. The lowest BCUT2D eigenvalue weighted by Gasteiger charge is -2.41. The van der Waals surface area contributed by atoms with E-state index < -0.39 is 41.5 Å². The van der Waals surface area contributed by atoms with Crippen LogP contribution in [0.1, 0.15) is 29.9 Å². The predicted molar refractivity (Wildman–Crippen MR) is 115 cm³/mol. The van der Waals surface area contributed by atoms with Crippen molar-refractivity contribution in [1.82, 2.24) is 9.97 Å². The highest BCUT2D eigenvalue weighted by Crippen LogP contribution is 2.41. The second-order valence-electron chi connectivity index (χ2n) is 7.67. The first-order valence-corrected chi connectivity index (χ1v) is 9.67. The lowest BCUT2D eigenvalue weighted by atomic mass is 9.89. The highest BCUT2D eigenvalue weighted by atomic mass is 19.4. The number of benzene rings is 1. The molecule has 1 aromatic heterocycles. The third kappa shape index (κ3) is 4.58. The molecule has 0 radical (unpaired) electrons. The molecule has 0 saturated heterocycles. The molecule has 13 heteroatoms.